The fourth-order valence-electron chi connectivity index (χ4n) is 2.03. The summed E-state index contributed by atoms with van der Waals surface area (Å²) in [6.07, 6.45) is 0. The molecule has 1 atom stereocenters. The van der Waals surface area contributed by atoms with Crippen molar-refractivity contribution < 1.29 is 9.18 Å². The number of benzene rings is 1. The van der Waals surface area contributed by atoms with Crippen LogP contribution in [0.1, 0.15) is 18.3 Å². The highest BCUT2D eigenvalue weighted by Crippen LogP contribution is 2.22. The Morgan fingerprint density at radius 1 is 1.50 bits per heavy atom. The highest BCUT2D eigenvalue weighted by atomic mass is 79.9. The number of aryl methyl sites for hydroxylation is 1. The summed E-state index contributed by atoms with van der Waals surface area (Å²) in [4.78, 5) is 12.2. The molecule has 1 aromatic carbocycles. The van der Waals surface area contributed by atoms with Crippen LogP contribution in [0, 0.1) is 25.6 Å². The predicted octanol–water partition coefficient (Wildman–Crippen LogP) is 4.33. The van der Waals surface area contributed by atoms with Gasteiger partial charge in [0.2, 0.25) is 5.91 Å². The summed E-state index contributed by atoms with van der Waals surface area (Å²) in [5.41, 5.74) is 2.33. The molecule has 1 aromatic heterocycles. The van der Waals surface area contributed by atoms with Crippen LogP contribution in [0.25, 0.3) is 0 Å². The maximum absolute atomic E-state index is 13.1. The van der Waals surface area contributed by atoms with E-state index in [0.29, 0.717) is 12.2 Å². The molecule has 1 N–H and O–H groups in total. The quantitative estimate of drug-likeness (QED) is 0.847. The molecule has 0 bridgehead atoms. The molecule has 0 fully saturated rings. The number of carbonyl (C=O) groups is 1. The van der Waals surface area contributed by atoms with E-state index in [1.807, 2.05) is 20.8 Å². The fourth-order valence-corrected chi connectivity index (χ4v) is 2.50. The van der Waals surface area contributed by atoms with E-state index in [1.54, 1.807) is 4.68 Å². The summed E-state index contributed by atoms with van der Waals surface area (Å²) < 4.78 is 15.8. The first-order chi connectivity index (χ1) is 10.3. The van der Waals surface area contributed by atoms with Crippen molar-refractivity contribution in [2.75, 3.05) is 5.32 Å². The molecule has 1 heterocycles. The highest BCUT2D eigenvalue weighted by molar-refractivity contribution is 9.10. The number of halogens is 3. The predicted molar refractivity (Wildman–Crippen MR) is 88.6 cm³/mol. The van der Waals surface area contributed by atoms with Gasteiger partial charge in [-0.2, -0.15) is 5.10 Å². The van der Waals surface area contributed by atoms with Crippen LogP contribution in [-0.2, 0) is 11.3 Å². The van der Waals surface area contributed by atoms with Crippen LogP contribution in [0.4, 0.5) is 10.1 Å². The minimum absolute atomic E-state index is 0.0204. The highest BCUT2D eigenvalue weighted by Gasteiger charge is 2.17. The monoisotopic (exact) mass is 387 g/mol. The van der Waals surface area contributed by atoms with E-state index in [2.05, 4.69) is 26.3 Å². The van der Waals surface area contributed by atoms with Crippen molar-refractivity contribution in [2.45, 2.75) is 27.3 Å². The second-order valence-electron chi connectivity index (χ2n) is 5.19. The zero-order valence-corrected chi connectivity index (χ0v) is 14.8. The third kappa shape index (κ3) is 3.67. The molecule has 2 aromatic rings. The molecule has 7 heteroatoms. The summed E-state index contributed by atoms with van der Waals surface area (Å²) in [7, 11) is 0. The van der Waals surface area contributed by atoms with Crippen LogP contribution >= 0.6 is 27.5 Å². The molecular formula is C15H16BrClFN3O. The van der Waals surface area contributed by atoms with Crippen molar-refractivity contribution >= 4 is 39.1 Å². The van der Waals surface area contributed by atoms with Gasteiger partial charge in [-0.15, -0.1) is 0 Å². The van der Waals surface area contributed by atoms with E-state index in [9.17, 15) is 9.18 Å². The van der Waals surface area contributed by atoms with Crippen LogP contribution in [0.5, 0.6) is 0 Å². The Morgan fingerprint density at radius 2 is 2.18 bits per heavy atom. The molecule has 0 saturated heterocycles. The van der Waals surface area contributed by atoms with Crippen LogP contribution in [0.15, 0.2) is 22.7 Å². The molecule has 0 aliphatic rings. The third-order valence-corrected chi connectivity index (χ3v) is 4.81. The van der Waals surface area contributed by atoms with Gasteiger partial charge in [0.25, 0.3) is 0 Å². The topological polar surface area (TPSA) is 46.9 Å². The van der Waals surface area contributed by atoms with Gasteiger partial charge in [0, 0.05) is 11.4 Å². The van der Waals surface area contributed by atoms with E-state index in [-0.39, 0.29) is 16.8 Å². The second kappa shape index (κ2) is 6.79. The van der Waals surface area contributed by atoms with E-state index >= 15 is 0 Å². The van der Waals surface area contributed by atoms with Gasteiger partial charge in [-0.05, 0) is 48.0 Å². The summed E-state index contributed by atoms with van der Waals surface area (Å²) in [5.74, 6) is -0.986. The summed E-state index contributed by atoms with van der Waals surface area (Å²) in [6, 6.07) is 4.09. The first-order valence-electron chi connectivity index (χ1n) is 6.75. The molecular weight excluding hydrogens is 373 g/mol. The van der Waals surface area contributed by atoms with Crippen molar-refractivity contribution in [2.24, 2.45) is 5.92 Å². The minimum atomic E-state index is -0.514. The third-order valence-electron chi connectivity index (χ3n) is 3.37. The molecule has 118 valence electrons. The Bertz CT molecular complexity index is 717. The lowest BCUT2D eigenvalue weighted by molar-refractivity contribution is -0.119. The van der Waals surface area contributed by atoms with Gasteiger partial charge in [-0.25, -0.2) is 4.39 Å². The Balaban J connectivity index is 2.05. The number of nitrogens with zero attached hydrogens (tertiary/aromatic N) is 2. The molecule has 0 unspecified atom stereocenters. The standard InChI is InChI=1S/C15H16BrClFN3O/c1-8(7-21-10(3)14(16)9(2)20-21)15(22)19-11-4-5-13(18)12(17)6-11/h4-6,8H,7H2,1-3H3,(H,19,22)/t8-/m0/s1. The maximum atomic E-state index is 13.1. The SMILES string of the molecule is Cc1nn(C[C@H](C)C(=O)Nc2ccc(F)c(Cl)c2)c(C)c1Br. The number of carbonyl (C=O) groups excluding carboxylic acids is 1. The number of aromatic nitrogens is 2. The fraction of sp³-hybridized carbons (Fsp3) is 0.333. The lowest BCUT2D eigenvalue weighted by Gasteiger charge is -2.13. The number of hydrogen-bond acceptors (Lipinski definition) is 2. The van der Waals surface area contributed by atoms with Gasteiger partial charge in [-0.3, -0.25) is 9.48 Å². The normalized spacial score (nSPS) is 12.3. The number of rotatable bonds is 4. The molecule has 0 aliphatic heterocycles. The Labute approximate surface area is 141 Å². The zero-order valence-electron chi connectivity index (χ0n) is 12.5. The lowest BCUT2D eigenvalue weighted by atomic mass is 10.1. The van der Waals surface area contributed by atoms with Crippen LogP contribution in [-0.4, -0.2) is 15.7 Å². The van der Waals surface area contributed by atoms with Crippen molar-refractivity contribution in [3.05, 3.63) is 44.9 Å². The van der Waals surface area contributed by atoms with Crippen LogP contribution in [0.3, 0.4) is 0 Å². The van der Waals surface area contributed by atoms with Gasteiger partial charge in [0.1, 0.15) is 5.82 Å². The molecule has 1 amide bonds. The van der Waals surface area contributed by atoms with Gasteiger partial charge >= 0.3 is 0 Å². The summed E-state index contributed by atoms with van der Waals surface area (Å²) >= 11 is 9.16. The molecule has 0 aliphatic carbocycles. The van der Waals surface area contributed by atoms with Gasteiger partial charge < -0.3 is 5.32 Å². The first-order valence-corrected chi connectivity index (χ1v) is 7.92. The van der Waals surface area contributed by atoms with Crippen molar-refractivity contribution in [3.63, 3.8) is 0 Å². The Kier molecular flexibility index (Phi) is 5.24. The number of hydrogen-bond donors (Lipinski definition) is 1. The lowest BCUT2D eigenvalue weighted by Crippen LogP contribution is -2.25. The van der Waals surface area contributed by atoms with E-state index in [0.717, 1.165) is 15.9 Å². The number of nitrogens with one attached hydrogen (secondary N) is 1. The van der Waals surface area contributed by atoms with Crippen molar-refractivity contribution in [1.29, 1.82) is 0 Å². The average molecular weight is 389 g/mol. The average Bonchev–Trinajstić information content (AvgIpc) is 2.70. The molecule has 22 heavy (non-hydrogen) atoms. The maximum Gasteiger partial charge on any atom is 0.229 e. The molecule has 4 nitrogen and oxygen atoms in total. The minimum Gasteiger partial charge on any atom is -0.326 e. The van der Waals surface area contributed by atoms with Gasteiger partial charge in [0.15, 0.2) is 0 Å². The zero-order chi connectivity index (χ0) is 16.4. The smallest absolute Gasteiger partial charge is 0.229 e. The number of anilines is 1. The van der Waals surface area contributed by atoms with Gasteiger partial charge in [0.05, 0.1) is 27.7 Å². The van der Waals surface area contributed by atoms with Crippen LogP contribution in [0.2, 0.25) is 5.02 Å². The van der Waals surface area contributed by atoms with Crippen molar-refractivity contribution in [1.82, 2.24) is 9.78 Å². The Hall–Kier alpha value is -1.40. The summed E-state index contributed by atoms with van der Waals surface area (Å²) in [6.45, 7) is 6.11. The van der Waals surface area contributed by atoms with Crippen LogP contribution < -0.4 is 5.32 Å². The number of amides is 1. The summed E-state index contributed by atoms with van der Waals surface area (Å²) in [5, 5.41) is 7.09. The molecule has 2 rings (SSSR count). The van der Waals surface area contributed by atoms with E-state index in [1.165, 1.54) is 18.2 Å². The molecule has 0 radical (unpaired) electrons. The van der Waals surface area contributed by atoms with E-state index in [4.69, 9.17) is 11.6 Å². The van der Waals surface area contributed by atoms with E-state index < -0.39 is 5.82 Å². The Morgan fingerprint density at radius 3 is 2.73 bits per heavy atom. The largest absolute Gasteiger partial charge is 0.326 e. The van der Waals surface area contributed by atoms with Crippen molar-refractivity contribution in [3.8, 4) is 0 Å². The first kappa shape index (κ1) is 17.0. The molecule has 0 spiro atoms. The van der Waals surface area contributed by atoms with Gasteiger partial charge in [-0.1, -0.05) is 18.5 Å². The second-order valence-corrected chi connectivity index (χ2v) is 6.39. The molecule has 0 saturated carbocycles.